The zero-order chi connectivity index (χ0) is 13.8. The van der Waals surface area contributed by atoms with Crippen molar-refractivity contribution in [1.29, 1.82) is 0 Å². The lowest BCUT2D eigenvalue weighted by Gasteiger charge is -2.31. The van der Waals surface area contributed by atoms with Crippen molar-refractivity contribution < 1.29 is 15.0 Å². The van der Waals surface area contributed by atoms with Crippen molar-refractivity contribution >= 4 is 23.3 Å². The summed E-state index contributed by atoms with van der Waals surface area (Å²) < 4.78 is 0. The molecule has 0 saturated heterocycles. The molecular weight excluding hydrogens is 254 g/mol. The molecule has 1 unspecified atom stereocenters. The van der Waals surface area contributed by atoms with Crippen molar-refractivity contribution in [1.82, 2.24) is 0 Å². The maximum atomic E-state index is 10.9. The Balaban J connectivity index is 2.91. The van der Waals surface area contributed by atoms with E-state index in [1.165, 1.54) is 0 Å². The summed E-state index contributed by atoms with van der Waals surface area (Å²) in [5, 5.41) is 19.6. The van der Waals surface area contributed by atoms with Gasteiger partial charge in [0.15, 0.2) is 0 Å². The van der Waals surface area contributed by atoms with Crippen molar-refractivity contribution in [3.05, 3.63) is 29.3 Å². The van der Waals surface area contributed by atoms with Crippen LogP contribution in [0.25, 0.3) is 0 Å². The molecule has 0 aliphatic rings. The van der Waals surface area contributed by atoms with Crippen LogP contribution < -0.4 is 4.90 Å². The molecule has 2 N–H and O–H groups in total. The molecule has 0 radical (unpaired) electrons. The maximum Gasteiger partial charge on any atom is 0.323 e. The highest BCUT2D eigenvalue weighted by Crippen LogP contribution is 2.21. The van der Waals surface area contributed by atoms with Crippen LogP contribution in [0.1, 0.15) is 20.3 Å². The van der Waals surface area contributed by atoms with Crippen LogP contribution in [0.2, 0.25) is 5.02 Å². The van der Waals surface area contributed by atoms with Gasteiger partial charge in [0, 0.05) is 17.3 Å². The fourth-order valence-corrected chi connectivity index (χ4v) is 1.70. The van der Waals surface area contributed by atoms with Gasteiger partial charge in [0.2, 0.25) is 0 Å². The molecule has 0 aromatic heterocycles. The summed E-state index contributed by atoms with van der Waals surface area (Å²) in [5.74, 6) is -0.933. The number of anilines is 1. The summed E-state index contributed by atoms with van der Waals surface area (Å²) >= 11 is 5.80. The van der Waals surface area contributed by atoms with Crippen LogP contribution in [0.3, 0.4) is 0 Å². The van der Waals surface area contributed by atoms with Crippen LogP contribution in [0, 0.1) is 0 Å². The third kappa shape index (κ3) is 4.55. The fraction of sp³-hybridized carbons (Fsp3) is 0.462. The monoisotopic (exact) mass is 271 g/mol. The van der Waals surface area contributed by atoms with Crippen molar-refractivity contribution in [2.75, 3.05) is 18.0 Å². The van der Waals surface area contributed by atoms with E-state index in [2.05, 4.69) is 0 Å². The predicted octanol–water partition coefficient (Wildman–Crippen LogP) is 2.39. The first-order valence-electron chi connectivity index (χ1n) is 5.79. The SMILES string of the molecule is CCC(C)(O)CN(CC(=O)O)c1ccc(Cl)cc1. The Morgan fingerprint density at radius 3 is 2.39 bits per heavy atom. The fourth-order valence-electron chi connectivity index (χ4n) is 1.58. The summed E-state index contributed by atoms with van der Waals surface area (Å²) in [6.45, 7) is 3.66. The first-order valence-corrected chi connectivity index (χ1v) is 6.16. The van der Waals surface area contributed by atoms with Gasteiger partial charge >= 0.3 is 5.97 Å². The van der Waals surface area contributed by atoms with Gasteiger partial charge in [-0.25, -0.2) is 0 Å². The Hall–Kier alpha value is -1.26. The molecule has 0 amide bonds. The highest BCUT2D eigenvalue weighted by Gasteiger charge is 2.23. The van der Waals surface area contributed by atoms with Gasteiger partial charge in [0.25, 0.3) is 0 Å². The third-order valence-corrected chi connectivity index (χ3v) is 3.06. The van der Waals surface area contributed by atoms with Crippen LogP contribution >= 0.6 is 11.6 Å². The molecule has 0 bridgehead atoms. The number of nitrogens with zero attached hydrogens (tertiary/aromatic N) is 1. The Morgan fingerprint density at radius 2 is 1.94 bits per heavy atom. The van der Waals surface area contributed by atoms with Gasteiger partial charge in [0.05, 0.1) is 5.60 Å². The van der Waals surface area contributed by atoms with Gasteiger partial charge in [-0.3, -0.25) is 4.79 Å². The summed E-state index contributed by atoms with van der Waals surface area (Å²) in [7, 11) is 0. The highest BCUT2D eigenvalue weighted by molar-refractivity contribution is 6.30. The van der Waals surface area contributed by atoms with E-state index >= 15 is 0 Å². The second-order valence-corrected chi connectivity index (χ2v) is 5.01. The van der Waals surface area contributed by atoms with E-state index < -0.39 is 11.6 Å². The number of benzene rings is 1. The second-order valence-electron chi connectivity index (χ2n) is 4.58. The van der Waals surface area contributed by atoms with Crippen molar-refractivity contribution in [2.45, 2.75) is 25.9 Å². The van der Waals surface area contributed by atoms with E-state index in [9.17, 15) is 9.90 Å². The molecule has 0 saturated carbocycles. The van der Waals surface area contributed by atoms with Crippen LogP contribution in [-0.2, 0) is 4.79 Å². The number of rotatable bonds is 6. The maximum absolute atomic E-state index is 10.9. The zero-order valence-electron chi connectivity index (χ0n) is 10.6. The lowest BCUT2D eigenvalue weighted by atomic mass is 10.0. The van der Waals surface area contributed by atoms with Gasteiger partial charge < -0.3 is 15.1 Å². The minimum atomic E-state index is -0.933. The first kappa shape index (κ1) is 14.8. The number of carboxylic acid groups (broad SMARTS) is 1. The lowest BCUT2D eigenvalue weighted by Crippen LogP contribution is -2.42. The van der Waals surface area contributed by atoms with Gasteiger partial charge in [-0.1, -0.05) is 18.5 Å². The van der Waals surface area contributed by atoms with Crippen LogP contribution in [0.5, 0.6) is 0 Å². The number of hydrogen-bond acceptors (Lipinski definition) is 3. The number of aliphatic hydroxyl groups is 1. The molecule has 4 nitrogen and oxygen atoms in total. The number of aliphatic carboxylic acids is 1. The smallest absolute Gasteiger partial charge is 0.323 e. The summed E-state index contributed by atoms with van der Waals surface area (Å²) in [6.07, 6.45) is 0.552. The lowest BCUT2D eigenvalue weighted by molar-refractivity contribution is -0.135. The van der Waals surface area contributed by atoms with E-state index in [0.717, 1.165) is 5.69 Å². The molecule has 100 valence electrons. The molecule has 0 aliphatic heterocycles. The number of halogens is 1. The summed E-state index contributed by atoms with van der Waals surface area (Å²) in [6, 6.07) is 6.90. The molecule has 0 aliphatic carbocycles. The van der Waals surface area contributed by atoms with Crippen molar-refractivity contribution in [3.63, 3.8) is 0 Å². The molecule has 0 heterocycles. The number of carboxylic acids is 1. The summed E-state index contributed by atoms with van der Waals surface area (Å²) in [4.78, 5) is 12.5. The summed E-state index contributed by atoms with van der Waals surface area (Å²) in [5.41, 5.74) is -0.190. The van der Waals surface area contributed by atoms with E-state index in [-0.39, 0.29) is 13.1 Å². The quantitative estimate of drug-likeness (QED) is 0.834. The minimum Gasteiger partial charge on any atom is -0.480 e. The third-order valence-electron chi connectivity index (χ3n) is 2.81. The Morgan fingerprint density at radius 1 is 1.39 bits per heavy atom. The molecule has 1 rings (SSSR count). The molecule has 18 heavy (non-hydrogen) atoms. The largest absolute Gasteiger partial charge is 0.480 e. The minimum absolute atomic E-state index is 0.155. The van der Waals surface area contributed by atoms with Crippen LogP contribution in [0.15, 0.2) is 24.3 Å². The molecule has 0 fully saturated rings. The topological polar surface area (TPSA) is 60.8 Å². The van der Waals surface area contributed by atoms with Crippen molar-refractivity contribution in [3.8, 4) is 0 Å². The van der Waals surface area contributed by atoms with E-state index in [1.807, 2.05) is 6.92 Å². The van der Waals surface area contributed by atoms with Crippen LogP contribution in [-0.4, -0.2) is 34.9 Å². The van der Waals surface area contributed by atoms with E-state index in [1.54, 1.807) is 36.1 Å². The molecule has 5 heteroatoms. The van der Waals surface area contributed by atoms with Gasteiger partial charge in [-0.15, -0.1) is 0 Å². The van der Waals surface area contributed by atoms with Gasteiger partial charge in [-0.2, -0.15) is 0 Å². The highest BCUT2D eigenvalue weighted by atomic mass is 35.5. The van der Waals surface area contributed by atoms with E-state index in [0.29, 0.717) is 11.4 Å². The van der Waals surface area contributed by atoms with E-state index in [4.69, 9.17) is 16.7 Å². The first-order chi connectivity index (χ1) is 8.34. The average Bonchev–Trinajstić information content (AvgIpc) is 2.28. The molecule has 1 aromatic carbocycles. The zero-order valence-corrected chi connectivity index (χ0v) is 11.3. The van der Waals surface area contributed by atoms with Crippen LogP contribution in [0.4, 0.5) is 5.69 Å². The van der Waals surface area contributed by atoms with Gasteiger partial charge in [0.1, 0.15) is 6.54 Å². The number of carbonyl (C=O) groups is 1. The Labute approximate surface area is 112 Å². The van der Waals surface area contributed by atoms with Gasteiger partial charge in [-0.05, 0) is 37.6 Å². The predicted molar refractivity (Wildman–Crippen MR) is 72.2 cm³/mol. The molecule has 1 atom stereocenters. The molecule has 1 aromatic rings. The number of hydrogen-bond donors (Lipinski definition) is 2. The Kier molecular flexibility index (Phi) is 4.99. The normalized spacial score (nSPS) is 14.0. The second kappa shape index (κ2) is 6.07. The molecule has 0 spiro atoms. The van der Waals surface area contributed by atoms with Crippen molar-refractivity contribution in [2.24, 2.45) is 0 Å². The average molecular weight is 272 g/mol. The molecular formula is C13H18ClNO3. The Bertz CT molecular complexity index is 403. The standard InChI is InChI=1S/C13H18ClNO3/c1-3-13(2,18)9-15(8-12(16)17)11-6-4-10(14)5-7-11/h4-7,18H,3,8-9H2,1-2H3,(H,16,17).